The van der Waals surface area contributed by atoms with Crippen LogP contribution >= 0.6 is 15.9 Å². The molecule has 2 nitrogen and oxygen atoms in total. The van der Waals surface area contributed by atoms with Crippen molar-refractivity contribution in [2.75, 3.05) is 0 Å². The smallest absolute Gasteiger partial charge is 0.395 e. The third-order valence-electron chi connectivity index (χ3n) is 2.28. The van der Waals surface area contributed by atoms with Crippen LogP contribution in [0.3, 0.4) is 0 Å². The number of fused-ring (bicyclic) bond motifs is 1. The van der Waals surface area contributed by atoms with Crippen molar-refractivity contribution < 1.29 is 18.3 Å². The van der Waals surface area contributed by atoms with Crippen molar-refractivity contribution in [3.05, 3.63) is 16.6 Å². The van der Waals surface area contributed by atoms with Gasteiger partial charge in [-0.15, -0.1) is 8.78 Å². The molecule has 0 fully saturated rings. The topological polar surface area (TPSA) is 18.5 Å². The SMILES string of the molecule is C[Si](C)(C)c1cc(Br)cc2c1OC(F)(F)O2. The second kappa shape index (κ2) is 3.43. The molecule has 6 heteroatoms. The van der Waals surface area contributed by atoms with Crippen LogP contribution in [0.2, 0.25) is 19.6 Å². The van der Waals surface area contributed by atoms with Gasteiger partial charge >= 0.3 is 6.29 Å². The van der Waals surface area contributed by atoms with Gasteiger partial charge in [0.05, 0.1) is 8.07 Å². The van der Waals surface area contributed by atoms with E-state index in [0.29, 0.717) is 0 Å². The van der Waals surface area contributed by atoms with Gasteiger partial charge < -0.3 is 9.47 Å². The highest BCUT2D eigenvalue weighted by Gasteiger charge is 2.45. The lowest BCUT2D eigenvalue weighted by molar-refractivity contribution is -0.286. The Kier molecular flexibility index (Phi) is 2.54. The highest BCUT2D eigenvalue weighted by Crippen LogP contribution is 2.42. The van der Waals surface area contributed by atoms with Gasteiger partial charge in [-0.2, -0.15) is 0 Å². The zero-order valence-corrected chi connectivity index (χ0v) is 11.7. The average molecular weight is 309 g/mol. The maximum atomic E-state index is 13.0. The number of ether oxygens (including phenoxy) is 2. The molecule has 0 aromatic heterocycles. The molecule has 1 heterocycles. The fraction of sp³-hybridized carbons (Fsp3) is 0.400. The Labute approximate surface area is 102 Å². The quantitative estimate of drug-likeness (QED) is 0.741. The first-order valence-corrected chi connectivity index (χ1v) is 9.08. The highest BCUT2D eigenvalue weighted by molar-refractivity contribution is 9.10. The summed E-state index contributed by atoms with van der Waals surface area (Å²) in [4.78, 5) is 0. The fourth-order valence-electron chi connectivity index (χ4n) is 1.57. The standard InChI is InChI=1S/C10H11BrF2O2Si/c1-16(2,3)8-5-6(11)4-7-9(8)15-10(12,13)14-7/h4-5H,1-3H3. The molecule has 2 rings (SSSR count). The molecule has 0 saturated heterocycles. The molecule has 0 bridgehead atoms. The van der Waals surface area contributed by atoms with E-state index in [-0.39, 0.29) is 11.5 Å². The third kappa shape index (κ3) is 2.08. The number of hydrogen-bond donors (Lipinski definition) is 0. The molecule has 1 aromatic rings. The molecular formula is C10H11BrF2O2Si. The zero-order valence-electron chi connectivity index (χ0n) is 9.11. The maximum Gasteiger partial charge on any atom is 0.586 e. The van der Waals surface area contributed by atoms with Gasteiger partial charge in [-0.05, 0) is 17.3 Å². The molecule has 88 valence electrons. The van der Waals surface area contributed by atoms with Gasteiger partial charge in [-0.25, -0.2) is 0 Å². The first-order valence-electron chi connectivity index (χ1n) is 4.79. The first-order chi connectivity index (χ1) is 7.19. The Balaban J connectivity index is 2.58. The molecule has 0 unspecified atom stereocenters. The maximum absolute atomic E-state index is 13.0. The number of hydrogen-bond acceptors (Lipinski definition) is 2. The molecule has 0 radical (unpaired) electrons. The van der Waals surface area contributed by atoms with Crippen LogP contribution in [-0.2, 0) is 0 Å². The minimum absolute atomic E-state index is 0.108. The molecular weight excluding hydrogens is 298 g/mol. The lowest BCUT2D eigenvalue weighted by Gasteiger charge is -2.18. The van der Waals surface area contributed by atoms with Gasteiger partial charge in [-0.1, -0.05) is 35.6 Å². The van der Waals surface area contributed by atoms with E-state index in [1.54, 1.807) is 0 Å². The summed E-state index contributed by atoms with van der Waals surface area (Å²) in [7, 11) is -1.75. The van der Waals surface area contributed by atoms with Gasteiger partial charge in [0.2, 0.25) is 0 Å². The van der Waals surface area contributed by atoms with Crippen molar-refractivity contribution in [3.8, 4) is 11.5 Å². The average Bonchev–Trinajstić information content (AvgIpc) is 2.35. The van der Waals surface area contributed by atoms with Gasteiger partial charge in [0.15, 0.2) is 11.5 Å². The normalized spacial score (nSPS) is 17.6. The van der Waals surface area contributed by atoms with Crippen molar-refractivity contribution in [1.29, 1.82) is 0 Å². The summed E-state index contributed by atoms with van der Waals surface area (Å²) in [6.45, 7) is 6.19. The van der Waals surface area contributed by atoms with Crippen molar-refractivity contribution in [1.82, 2.24) is 0 Å². The van der Waals surface area contributed by atoms with Crippen molar-refractivity contribution >= 4 is 29.2 Å². The predicted octanol–water partition coefficient (Wildman–Crippen LogP) is 3.32. The van der Waals surface area contributed by atoms with E-state index in [4.69, 9.17) is 0 Å². The third-order valence-corrected chi connectivity index (χ3v) is 4.72. The van der Waals surface area contributed by atoms with Crippen LogP contribution < -0.4 is 14.7 Å². The minimum Gasteiger partial charge on any atom is -0.395 e. The summed E-state index contributed by atoms with van der Waals surface area (Å²) >= 11 is 3.29. The van der Waals surface area contributed by atoms with E-state index in [2.05, 4.69) is 45.0 Å². The molecule has 1 aromatic carbocycles. The Morgan fingerprint density at radius 1 is 1.19 bits per heavy atom. The van der Waals surface area contributed by atoms with Gasteiger partial charge in [0, 0.05) is 4.47 Å². The van der Waals surface area contributed by atoms with E-state index < -0.39 is 14.4 Å². The monoisotopic (exact) mass is 308 g/mol. The molecule has 0 amide bonds. The number of alkyl halides is 2. The van der Waals surface area contributed by atoms with E-state index in [1.165, 1.54) is 6.07 Å². The lowest BCUT2D eigenvalue weighted by Crippen LogP contribution is -2.39. The number of rotatable bonds is 1. The van der Waals surface area contributed by atoms with Gasteiger partial charge in [0.25, 0.3) is 0 Å². The van der Waals surface area contributed by atoms with Crippen molar-refractivity contribution in [2.24, 2.45) is 0 Å². The largest absolute Gasteiger partial charge is 0.586 e. The molecule has 1 aliphatic rings. The van der Waals surface area contributed by atoms with Crippen LogP contribution in [0.5, 0.6) is 11.5 Å². The van der Waals surface area contributed by atoms with Gasteiger partial charge in [0.1, 0.15) is 0 Å². The Morgan fingerprint density at radius 3 is 2.38 bits per heavy atom. The molecule has 0 atom stereocenters. The Morgan fingerprint density at radius 2 is 1.81 bits per heavy atom. The first kappa shape index (κ1) is 11.9. The van der Waals surface area contributed by atoms with Crippen LogP contribution in [0.25, 0.3) is 0 Å². The molecule has 1 aliphatic heterocycles. The number of benzene rings is 1. The van der Waals surface area contributed by atoms with Gasteiger partial charge in [-0.3, -0.25) is 0 Å². The van der Waals surface area contributed by atoms with Crippen molar-refractivity contribution in [2.45, 2.75) is 25.9 Å². The predicted molar refractivity (Wildman–Crippen MR) is 63.3 cm³/mol. The van der Waals surface area contributed by atoms with E-state index in [9.17, 15) is 8.78 Å². The zero-order chi connectivity index (χ0) is 12.1. The number of halogens is 3. The second-order valence-electron chi connectivity index (χ2n) is 4.70. The molecule has 0 aliphatic carbocycles. The molecule has 16 heavy (non-hydrogen) atoms. The van der Waals surface area contributed by atoms with Crippen LogP contribution in [0.15, 0.2) is 16.6 Å². The Bertz CT molecular complexity index is 443. The van der Waals surface area contributed by atoms with E-state index >= 15 is 0 Å². The Hall–Kier alpha value is -0.623. The highest BCUT2D eigenvalue weighted by atomic mass is 79.9. The summed E-state index contributed by atoms with van der Waals surface area (Å²) < 4.78 is 35.7. The molecule has 0 saturated carbocycles. The van der Waals surface area contributed by atoms with Crippen molar-refractivity contribution in [3.63, 3.8) is 0 Å². The summed E-state index contributed by atoms with van der Waals surface area (Å²) in [6.07, 6.45) is -3.54. The summed E-state index contributed by atoms with van der Waals surface area (Å²) in [5, 5.41) is 0.828. The summed E-state index contributed by atoms with van der Waals surface area (Å²) in [5.41, 5.74) is 0. The minimum atomic E-state index is -3.54. The van der Waals surface area contributed by atoms with Crippen LogP contribution in [0, 0.1) is 0 Å². The van der Waals surface area contributed by atoms with Crippen LogP contribution in [0.4, 0.5) is 8.78 Å². The van der Waals surface area contributed by atoms with E-state index in [1.807, 2.05) is 6.07 Å². The molecule has 0 N–H and O–H groups in total. The summed E-state index contributed by atoms with van der Waals surface area (Å²) in [6, 6.07) is 3.33. The van der Waals surface area contributed by atoms with E-state index in [0.717, 1.165) is 9.66 Å². The van der Waals surface area contributed by atoms with Crippen LogP contribution in [0.1, 0.15) is 0 Å². The van der Waals surface area contributed by atoms with Crippen LogP contribution in [-0.4, -0.2) is 14.4 Å². The summed E-state index contributed by atoms with van der Waals surface area (Å²) in [5.74, 6) is 0.296. The lowest BCUT2D eigenvalue weighted by atomic mass is 10.3. The molecule has 0 spiro atoms. The fourth-order valence-corrected chi connectivity index (χ4v) is 3.67. The second-order valence-corrected chi connectivity index (χ2v) is 10.7.